The highest BCUT2D eigenvalue weighted by molar-refractivity contribution is 7.15. The van der Waals surface area contributed by atoms with Crippen LogP contribution in [0.4, 0.5) is 0 Å². The number of hydrogen-bond donors (Lipinski definition) is 5. The molecule has 3 rings (SSSR count). The number of nitrogens with zero attached hydrogens (tertiary/aromatic N) is 1. The Morgan fingerprint density at radius 3 is 2.53 bits per heavy atom. The van der Waals surface area contributed by atoms with Crippen molar-refractivity contribution >= 4 is 69.4 Å². The number of carbonyl (C=O) groups excluding carboxylic acids is 1. The fourth-order valence-electron chi connectivity index (χ4n) is 3.07. The van der Waals surface area contributed by atoms with Gasteiger partial charge in [0.2, 0.25) is 0 Å². The summed E-state index contributed by atoms with van der Waals surface area (Å²) in [4.78, 5) is 14.3. The SMILES string of the molecule is CC(C)=C(N/N=C(\C)c1csc(-c2ccc(Cl)c(Cl)c2)c1O)c1ccc(C(=O)NC/C(O)=C/C=N)s1. The van der Waals surface area contributed by atoms with Crippen LogP contribution in [0.5, 0.6) is 5.75 Å². The Morgan fingerprint density at radius 2 is 1.86 bits per heavy atom. The second-order valence-electron chi connectivity index (χ2n) is 7.81. The number of rotatable bonds is 9. The maximum absolute atomic E-state index is 12.4. The molecule has 0 spiro atoms. The van der Waals surface area contributed by atoms with E-state index in [1.165, 1.54) is 28.7 Å². The summed E-state index contributed by atoms with van der Waals surface area (Å²) in [6.07, 6.45) is 2.15. The van der Waals surface area contributed by atoms with Gasteiger partial charge in [-0.3, -0.25) is 10.2 Å². The Bertz CT molecular complexity index is 1390. The lowest BCUT2D eigenvalue weighted by atomic mass is 10.1. The number of thiophene rings is 2. The zero-order valence-electron chi connectivity index (χ0n) is 19.6. The van der Waals surface area contributed by atoms with Gasteiger partial charge in [0.05, 0.1) is 48.2 Å². The van der Waals surface area contributed by atoms with E-state index < -0.39 is 0 Å². The lowest BCUT2D eigenvalue weighted by molar-refractivity contribution is 0.0956. The average Bonchev–Trinajstić information content (AvgIpc) is 3.46. The van der Waals surface area contributed by atoms with Crippen LogP contribution in [0.2, 0.25) is 10.0 Å². The minimum absolute atomic E-state index is 0.0625. The van der Waals surface area contributed by atoms with Crippen molar-refractivity contribution in [3.8, 4) is 16.2 Å². The summed E-state index contributed by atoms with van der Waals surface area (Å²) >= 11 is 14.8. The molecule has 0 aliphatic carbocycles. The second-order valence-corrected chi connectivity index (χ2v) is 10.6. The standard InChI is InChI=1S/C25H24Cl2N4O3S2/c1-13(2)22(20-6-7-21(36-20)25(34)29-11-16(32)8-9-28)31-30-14(3)17-12-35-24(23(17)33)15-4-5-18(26)19(27)10-15/h4-10,12,28,31-33H,11H2,1-3H3,(H,29,34)/b16-8-,28-9?,30-14+. The number of hydrogen-bond acceptors (Lipinski definition) is 8. The van der Waals surface area contributed by atoms with Crippen LogP contribution in [0.1, 0.15) is 40.9 Å². The van der Waals surface area contributed by atoms with Gasteiger partial charge in [-0.25, -0.2) is 0 Å². The van der Waals surface area contributed by atoms with E-state index in [0.29, 0.717) is 31.1 Å². The van der Waals surface area contributed by atoms with Gasteiger partial charge in [0.15, 0.2) is 0 Å². The molecular formula is C25H24Cl2N4O3S2. The van der Waals surface area contributed by atoms with Crippen molar-refractivity contribution in [3.63, 3.8) is 0 Å². The molecule has 0 radical (unpaired) electrons. The van der Waals surface area contributed by atoms with Gasteiger partial charge in [-0.05, 0) is 62.2 Å². The molecule has 5 N–H and O–H groups in total. The van der Waals surface area contributed by atoms with E-state index in [2.05, 4.69) is 15.8 Å². The van der Waals surface area contributed by atoms with Crippen LogP contribution in [-0.2, 0) is 0 Å². The van der Waals surface area contributed by atoms with Crippen LogP contribution >= 0.6 is 45.9 Å². The van der Waals surface area contributed by atoms with Gasteiger partial charge in [-0.2, -0.15) is 5.10 Å². The monoisotopic (exact) mass is 562 g/mol. The Morgan fingerprint density at radius 1 is 1.14 bits per heavy atom. The quantitative estimate of drug-likeness (QED) is 0.109. The highest BCUT2D eigenvalue weighted by atomic mass is 35.5. The van der Waals surface area contributed by atoms with Crippen LogP contribution in [0.15, 0.2) is 58.2 Å². The molecule has 0 fully saturated rings. The average molecular weight is 564 g/mol. The van der Waals surface area contributed by atoms with Crippen molar-refractivity contribution in [2.45, 2.75) is 20.8 Å². The number of carbonyl (C=O) groups is 1. The number of allylic oxidation sites excluding steroid dienone is 2. The smallest absolute Gasteiger partial charge is 0.261 e. The number of aliphatic hydroxyl groups is 1. The van der Waals surface area contributed by atoms with Gasteiger partial charge in [-0.15, -0.1) is 22.7 Å². The molecule has 0 bridgehead atoms. The molecule has 36 heavy (non-hydrogen) atoms. The Balaban J connectivity index is 1.77. The van der Waals surface area contributed by atoms with Gasteiger partial charge in [0.1, 0.15) is 11.5 Å². The fraction of sp³-hybridized carbons (Fsp3) is 0.160. The van der Waals surface area contributed by atoms with Crippen molar-refractivity contribution in [1.82, 2.24) is 10.7 Å². The number of amides is 1. The molecule has 0 atom stereocenters. The van der Waals surface area contributed by atoms with Gasteiger partial charge in [0, 0.05) is 11.6 Å². The molecule has 0 saturated carbocycles. The van der Waals surface area contributed by atoms with Crippen LogP contribution in [0.25, 0.3) is 16.1 Å². The lowest BCUT2D eigenvalue weighted by Crippen LogP contribution is -2.24. The molecule has 1 aromatic carbocycles. The summed E-state index contributed by atoms with van der Waals surface area (Å²) in [7, 11) is 0. The summed E-state index contributed by atoms with van der Waals surface area (Å²) in [5.41, 5.74) is 6.70. The van der Waals surface area contributed by atoms with Crippen molar-refractivity contribution in [2.24, 2.45) is 5.10 Å². The number of aromatic hydroxyl groups is 1. The molecule has 3 aromatic rings. The minimum Gasteiger partial charge on any atom is -0.510 e. The first-order valence-corrected chi connectivity index (χ1v) is 13.1. The number of aliphatic hydroxyl groups excluding tert-OH is 1. The molecule has 7 nitrogen and oxygen atoms in total. The summed E-state index contributed by atoms with van der Waals surface area (Å²) < 4.78 is 0. The third-order valence-electron chi connectivity index (χ3n) is 4.95. The predicted octanol–water partition coefficient (Wildman–Crippen LogP) is 7.07. The molecule has 2 aromatic heterocycles. The third-order valence-corrected chi connectivity index (χ3v) is 7.81. The van der Waals surface area contributed by atoms with Crippen molar-refractivity contribution in [2.75, 3.05) is 6.54 Å². The highest BCUT2D eigenvalue weighted by Gasteiger charge is 2.17. The van der Waals surface area contributed by atoms with Crippen molar-refractivity contribution in [3.05, 3.63) is 78.5 Å². The first kappa shape index (κ1) is 27.5. The van der Waals surface area contributed by atoms with Crippen molar-refractivity contribution < 1.29 is 15.0 Å². The first-order valence-electron chi connectivity index (χ1n) is 10.6. The molecule has 0 aliphatic heterocycles. The Kier molecular flexibility index (Phi) is 9.33. The van der Waals surface area contributed by atoms with Gasteiger partial charge < -0.3 is 20.9 Å². The van der Waals surface area contributed by atoms with E-state index in [0.717, 1.165) is 27.9 Å². The van der Waals surface area contributed by atoms with Crippen LogP contribution in [0, 0.1) is 5.41 Å². The maximum Gasteiger partial charge on any atom is 0.261 e. The van der Waals surface area contributed by atoms with Crippen LogP contribution < -0.4 is 10.7 Å². The van der Waals surface area contributed by atoms with E-state index in [-0.39, 0.29) is 24.0 Å². The molecule has 0 unspecified atom stereocenters. The molecule has 1 amide bonds. The van der Waals surface area contributed by atoms with Crippen LogP contribution in [0.3, 0.4) is 0 Å². The predicted molar refractivity (Wildman–Crippen MR) is 151 cm³/mol. The number of hydrazone groups is 1. The maximum atomic E-state index is 12.4. The van der Waals surface area contributed by atoms with E-state index in [9.17, 15) is 15.0 Å². The molecule has 188 valence electrons. The number of nitrogens with one attached hydrogen (secondary N) is 3. The highest BCUT2D eigenvalue weighted by Crippen LogP contribution is 2.40. The zero-order chi connectivity index (χ0) is 26.4. The fourth-order valence-corrected chi connectivity index (χ4v) is 5.40. The number of benzene rings is 1. The Hall–Kier alpha value is -3.11. The first-order chi connectivity index (χ1) is 17.1. The second kappa shape index (κ2) is 12.2. The Labute approximate surface area is 226 Å². The molecular weight excluding hydrogens is 539 g/mol. The van der Waals surface area contributed by atoms with E-state index in [1.54, 1.807) is 31.2 Å². The number of halogens is 2. The van der Waals surface area contributed by atoms with E-state index >= 15 is 0 Å². The topological polar surface area (TPSA) is 118 Å². The van der Waals surface area contributed by atoms with Crippen molar-refractivity contribution in [1.29, 1.82) is 5.41 Å². The zero-order valence-corrected chi connectivity index (χ0v) is 22.8. The van der Waals surface area contributed by atoms with Crippen LogP contribution in [-0.4, -0.2) is 34.6 Å². The largest absolute Gasteiger partial charge is 0.510 e. The lowest BCUT2D eigenvalue weighted by Gasteiger charge is -2.09. The van der Waals surface area contributed by atoms with Gasteiger partial charge in [-0.1, -0.05) is 29.3 Å². The molecule has 0 saturated heterocycles. The molecule has 11 heteroatoms. The summed E-state index contributed by atoms with van der Waals surface area (Å²) in [5, 5.41) is 37.1. The summed E-state index contributed by atoms with van der Waals surface area (Å²) in [6.45, 7) is 5.58. The summed E-state index contributed by atoms with van der Waals surface area (Å²) in [6, 6.07) is 8.71. The van der Waals surface area contributed by atoms with E-state index in [1.807, 2.05) is 25.3 Å². The molecule has 0 aliphatic rings. The third kappa shape index (κ3) is 6.55. The normalized spacial score (nSPS) is 11.8. The van der Waals surface area contributed by atoms with E-state index in [4.69, 9.17) is 28.6 Å². The summed E-state index contributed by atoms with van der Waals surface area (Å²) in [5.74, 6) is -0.330. The van der Waals surface area contributed by atoms with Gasteiger partial charge >= 0.3 is 0 Å². The van der Waals surface area contributed by atoms with Gasteiger partial charge in [0.25, 0.3) is 5.91 Å². The molecule has 2 heterocycles. The minimum atomic E-state index is -0.331.